The highest BCUT2D eigenvalue weighted by Crippen LogP contribution is 2.17. The van der Waals surface area contributed by atoms with Crippen LogP contribution in [0.5, 0.6) is 0 Å². The summed E-state index contributed by atoms with van der Waals surface area (Å²) >= 11 is 0. The Kier molecular flexibility index (Phi) is 4.70. The summed E-state index contributed by atoms with van der Waals surface area (Å²) in [4.78, 5) is 19.3. The lowest BCUT2D eigenvalue weighted by molar-refractivity contribution is 0.0501. The van der Waals surface area contributed by atoms with E-state index in [1.165, 1.54) is 0 Å². The molecule has 1 heterocycles. The molecule has 2 rings (SSSR count). The normalized spacial score (nSPS) is 12.7. The van der Waals surface area contributed by atoms with Crippen LogP contribution >= 0.6 is 0 Å². The number of rotatable bonds is 4. The zero-order valence-electron chi connectivity index (χ0n) is 13.1. The molecule has 0 saturated heterocycles. The quantitative estimate of drug-likeness (QED) is 0.757. The first-order valence-corrected chi connectivity index (χ1v) is 7.17. The van der Waals surface area contributed by atoms with Gasteiger partial charge in [-0.2, -0.15) is 0 Å². The Bertz CT molecular complexity index is 600. The van der Waals surface area contributed by atoms with Gasteiger partial charge in [-0.25, -0.2) is 9.78 Å². The molecule has 2 aromatic rings. The van der Waals surface area contributed by atoms with Gasteiger partial charge in [0, 0.05) is 24.5 Å². The summed E-state index contributed by atoms with van der Waals surface area (Å²) in [6.45, 7) is 5.48. The largest absolute Gasteiger partial charge is 0.444 e. The van der Waals surface area contributed by atoms with E-state index in [4.69, 9.17) is 10.5 Å². The molecular weight excluding hydrogens is 280 g/mol. The van der Waals surface area contributed by atoms with Crippen LogP contribution < -0.4 is 11.1 Å². The Morgan fingerprint density at radius 3 is 2.59 bits per heavy atom. The lowest BCUT2D eigenvalue weighted by Gasteiger charge is -2.23. The van der Waals surface area contributed by atoms with Crippen LogP contribution in [0, 0.1) is 0 Å². The molecule has 6 heteroatoms. The average molecular weight is 302 g/mol. The van der Waals surface area contributed by atoms with Gasteiger partial charge in [0.1, 0.15) is 11.4 Å². The van der Waals surface area contributed by atoms with Crippen LogP contribution in [-0.2, 0) is 11.2 Å². The summed E-state index contributed by atoms with van der Waals surface area (Å²) in [5, 5.41) is 2.85. The number of ether oxygens (including phenoxy) is 1. The number of imidazole rings is 1. The molecule has 6 nitrogen and oxygen atoms in total. The van der Waals surface area contributed by atoms with E-state index in [2.05, 4.69) is 15.3 Å². The van der Waals surface area contributed by atoms with Gasteiger partial charge in [-0.15, -0.1) is 0 Å². The maximum absolute atomic E-state index is 12.0. The zero-order chi connectivity index (χ0) is 16.2. The molecule has 1 unspecified atom stereocenters. The van der Waals surface area contributed by atoms with E-state index in [-0.39, 0.29) is 6.04 Å². The molecule has 1 aromatic carbocycles. The first-order chi connectivity index (χ1) is 10.3. The maximum Gasteiger partial charge on any atom is 0.408 e. The van der Waals surface area contributed by atoms with Crippen molar-refractivity contribution in [3.05, 3.63) is 48.0 Å². The minimum atomic E-state index is -0.543. The van der Waals surface area contributed by atoms with Crippen LogP contribution in [0.3, 0.4) is 0 Å². The highest BCUT2D eigenvalue weighted by atomic mass is 16.6. The summed E-state index contributed by atoms with van der Waals surface area (Å²) in [5.74, 6) is 0.683. The summed E-state index contributed by atoms with van der Waals surface area (Å²) in [6, 6.07) is 7.24. The Balaban J connectivity index is 2.10. The van der Waals surface area contributed by atoms with E-state index in [1.54, 1.807) is 12.4 Å². The summed E-state index contributed by atoms with van der Waals surface area (Å²) in [6.07, 6.45) is 3.50. The molecule has 1 atom stereocenters. The molecule has 118 valence electrons. The number of nitrogens with two attached hydrogens (primary N) is 1. The summed E-state index contributed by atoms with van der Waals surface area (Å²) in [7, 11) is 0. The number of carbonyl (C=O) groups excluding carboxylic acids is 1. The standard InChI is InChI=1S/C16H22N4O2/c1-16(2,3)22-15(21)20-13(14-18-8-9-19-14)10-11-4-6-12(17)7-5-11/h4-9,13H,10,17H2,1-3H3,(H,18,19)(H,20,21). The molecule has 0 aliphatic carbocycles. The van der Waals surface area contributed by atoms with Crippen LogP contribution in [0.2, 0.25) is 0 Å². The molecule has 0 aliphatic heterocycles. The van der Waals surface area contributed by atoms with Gasteiger partial charge < -0.3 is 20.8 Å². The Hall–Kier alpha value is -2.50. The van der Waals surface area contributed by atoms with Crippen LogP contribution in [-0.4, -0.2) is 21.7 Å². The number of anilines is 1. The van der Waals surface area contributed by atoms with Gasteiger partial charge in [-0.05, 0) is 38.5 Å². The number of H-pyrrole nitrogens is 1. The van der Waals surface area contributed by atoms with Gasteiger partial charge in [0.2, 0.25) is 0 Å². The van der Waals surface area contributed by atoms with E-state index in [0.717, 1.165) is 5.56 Å². The molecule has 0 radical (unpaired) electrons. The number of carbonyl (C=O) groups is 1. The van der Waals surface area contributed by atoms with Crippen molar-refractivity contribution in [1.29, 1.82) is 0 Å². The monoisotopic (exact) mass is 302 g/mol. The highest BCUT2D eigenvalue weighted by Gasteiger charge is 2.22. The van der Waals surface area contributed by atoms with Gasteiger partial charge in [0.15, 0.2) is 0 Å². The third kappa shape index (κ3) is 4.80. The topological polar surface area (TPSA) is 93.0 Å². The fourth-order valence-electron chi connectivity index (χ4n) is 2.02. The molecule has 22 heavy (non-hydrogen) atoms. The SMILES string of the molecule is CC(C)(C)OC(=O)NC(Cc1ccc(N)cc1)c1ncc[nH]1. The minimum absolute atomic E-state index is 0.298. The van der Waals surface area contributed by atoms with Crippen LogP contribution in [0.15, 0.2) is 36.7 Å². The number of alkyl carbamates (subject to hydrolysis) is 1. The van der Waals surface area contributed by atoms with Crippen molar-refractivity contribution in [2.75, 3.05) is 5.73 Å². The second kappa shape index (κ2) is 6.51. The van der Waals surface area contributed by atoms with Crippen molar-refractivity contribution >= 4 is 11.8 Å². The first-order valence-electron chi connectivity index (χ1n) is 7.17. The van der Waals surface area contributed by atoms with Crippen molar-refractivity contribution in [2.24, 2.45) is 0 Å². The molecule has 0 bridgehead atoms. The Labute approximate surface area is 130 Å². The number of hydrogen-bond acceptors (Lipinski definition) is 4. The fraction of sp³-hybridized carbons (Fsp3) is 0.375. The number of aromatic nitrogens is 2. The lowest BCUT2D eigenvalue weighted by atomic mass is 10.1. The van der Waals surface area contributed by atoms with E-state index in [9.17, 15) is 4.79 Å². The van der Waals surface area contributed by atoms with E-state index < -0.39 is 11.7 Å². The van der Waals surface area contributed by atoms with Crippen molar-refractivity contribution < 1.29 is 9.53 Å². The second-order valence-electron chi connectivity index (χ2n) is 6.12. The van der Waals surface area contributed by atoms with Gasteiger partial charge in [0.25, 0.3) is 0 Å². The van der Waals surface area contributed by atoms with Gasteiger partial charge in [-0.1, -0.05) is 12.1 Å². The van der Waals surface area contributed by atoms with Gasteiger partial charge in [-0.3, -0.25) is 0 Å². The van der Waals surface area contributed by atoms with E-state index in [0.29, 0.717) is 17.9 Å². The molecule has 1 amide bonds. The van der Waals surface area contributed by atoms with Crippen LogP contribution in [0.1, 0.15) is 38.2 Å². The molecule has 4 N–H and O–H groups in total. The average Bonchev–Trinajstić information content (AvgIpc) is 2.92. The van der Waals surface area contributed by atoms with Gasteiger partial charge >= 0.3 is 6.09 Å². The lowest BCUT2D eigenvalue weighted by Crippen LogP contribution is -2.36. The van der Waals surface area contributed by atoms with Crippen molar-refractivity contribution in [1.82, 2.24) is 15.3 Å². The van der Waals surface area contributed by atoms with Crippen molar-refractivity contribution in [2.45, 2.75) is 38.8 Å². The van der Waals surface area contributed by atoms with Gasteiger partial charge in [0.05, 0.1) is 6.04 Å². The number of benzene rings is 1. The van der Waals surface area contributed by atoms with Crippen molar-refractivity contribution in [3.8, 4) is 0 Å². The zero-order valence-corrected chi connectivity index (χ0v) is 13.1. The predicted molar refractivity (Wildman–Crippen MR) is 85.3 cm³/mol. The minimum Gasteiger partial charge on any atom is -0.444 e. The molecular formula is C16H22N4O2. The Morgan fingerprint density at radius 1 is 1.36 bits per heavy atom. The predicted octanol–water partition coefficient (Wildman–Crippen LogP) is 2.80. The number of nitrogens with zero attached hydrogens (tertiary/aromatic N) is 1. The van der Waals surface area contributed by atoms with Crippen molar-refractivity contribution in [3.63, 3.8) is 0 Å². The number of aromatic amines is 1. The molecule has 0 spiro atoms. The summed E-state index contributed by atoms with van der Waals surface area (Å²) in [5.41, 5.74) is 6.91. The smallest absolute Gasteiger partial charge is 0.408 e. The third-order valence-electron chi connectivity index (χ3n) is 2.96. The molecule has 0 fully saturated rings. The van der Waals surface area contributed by atoms with Crippen LogP contribution in [0.25, 0.3) is 0 Å². The number of amides is 1. The second-order valence-corrected chi connectivity index (χ2v) is 6.12. The molecule has 0 saturated carbocycles. The Morgan fingerprint density at radius 2 is 2.05 bits per heavy atom. The fourth-order valence-corrected chi connectivity index (χ4v) is 2.02. The number of nitrogens with one attached hydrogen (secondary N) is 2. The maximum atomic E-state index is 12.0. The third-order valence-corrected chi connectivity index (χ3v) is 2.96. The first kappa shape index (κ1) is 15.9. The van der Waals surface area contributed by atoms with E-state index in [1.807, 2.05) is 45.0 Å². The van der Waals surface area contributed by atoms with E-state index >= 15 is 0 Å². The highest BCUT2D eigenvalue weighted by molar-refractivity contribution is 5.68. The van der Waals surface area contributed by atoms with Crippen LogP contribution in [0.4, 0.5) is 10.5 Å². The molecule has 1 aromatic heterocycles. The molecule has 0 aliphatic rings. The number of hydrogen-bond donors (Lipinski definition) is 3. The number of nitrogen functional groups attached to an aromatic ring is 1. The summed E-state index contributed by atoms with van der Waals surface area (Å²) < 4.78 is 5.31.